The van der Waals surface area contributed by atoms with Crippen LogP contribution >= 0.6 is 0 Å². The predicted molar refractivity (Wildman–Crippen MR) is 59.6 cm³/mol. The highest BCUT2D eigenvalue weighted by Crippen LogP contribution is 2.14. The van der Waals surface area contributed by atoms with Crippen LogP contribution in [0.15, 0.2) is 36.2 Å². The molecule has 2 nitrogen and oxygen atoms in total. The first-order valence-corrected chi connectivity index (χ1v) is 5.00. The molecule has 0 aliphatic heterocycles. The van der Waals surface area contributed by atoms with Crippen LogP contribution in [0.2, 0.25) is 0 Å². The van der Waals surface area contributed by atoms with E-state index < -0.39 is 0 Å². The number of hydrogen-bond acceptors (Lipinski definition) is 2. The van der Waals surface area contributed by atoms with Crippen molar-refractivity contribution in [2.45, 2.75) is 13.3 Å². The summed E-state index contributed by atoms with van der Waals surface area (Å²) in [7, 11) is 0. The molecule has 0 fully saturated rings. The van der Waals surface area contributed by atoms with Crippen molar-refractivity contribution in [3.05, 3.63) is 41.7 Å². The Kier molecular flexibility index (Phi) is 4.84. The molecule has 15 heavy (non-hydrogen) atoms. The average molecular weight is 209 g/mol. The fourth-order valence-electron chi connectivity index (χ4n) is 1.29. The summed E-state index contributed by atoms with van der Waals surface area (Å²) in [5, 5.41) is 0. The van der Waals surface area contributed by atoms with E-state index in [1.54, 1.807) is 0 Å². The smallest absolute Gasteiger partial charge is 0.119 e. The van der Waals surface area contributed by atoms with E-state index in [-0.39, 0.29) is 6.54 Å². The fourth-order valence-corrected chi connectivity index (χ4v) is 1.29. The van der Waals surface area contributed by atoms with Crippen molar-refractivity contribution < 1.29 is 9.13 Å². The first kappa shape index (κ1) is 11.7. The minimum absolute atomic E-state index is 0.254. The zero-order valence-corrected chi connectivity index (χ0v) is 8.87. The molecule has 0 spiro atoms. The number of hydrogen-bond donors (Lipinski definition) is 1. The SMILES string of the molecule is CCOc1ccc(CC(=CF)CN)cc1. The van der Waals surface area contributed by atoms with E-state index in [1.165, 1.54) is 0 Å². The molecule has 0 heterocycles. The number of rotatable bonds is 5. The molecule has 0 bridgehead atoms. The second-order valence-electron chi connectivity index (χ2n) is 3.23. The first-order chi connectivity index (χ1) is 7.30. The molecule has 0 unspecified atom stereocenters. The number of halogens is 1. The van der Waals surface area contributed by atoms with E-state index in [4.69, 9.17) is 10.5 Å². The van der Waals surface area contributed by atoms with E-state index in [0.29, 0.717) is 24.9 Å². The molecule has 82 valence electrons. The maximum absolute atomic E-state index is 12.3. The lowest BCUT2D eigenvalue weighted by Crippen LogP contribution is -2.05. The molecule has 0 saturated carbocycles. The van der Waals surface area contributed by atoms with Crippen molar-refractivity contribution >= 4 is 0 Å². The highest BCUT2D eigenvalue weighted by molar-refractivity contribution is 5.29. The molecule has 0 atom stereocenters. The van der Waals surface area contributed by atoms with Gasteiger partial charge in [0, 0.05) is 6.54 Å². The maximum atomic E-state index is 12.3. The summed E-state index contributed by atoms with van der Waals surface area (Å²) >= 11 is 0. The predicted octanol–water partition coefficient (Wildman–Crippen LogP) is 2.44. The van der Waals surface area contributed by atoms with Crippen molar-refractivity contribution in [3.63, 3.8) is 0 Å². The molecule has 2 N–H and O–H groups in total. The molecule has 1 rings (SSSR count). The molecule has 0 radical (unpaired) electrons. The second-order valence-corrected chi connectivity index (χ2v) is 3.23. The lowest BCUT2D eigenvalue weighted by atomic mass is 10.1. The second kappa shape index (κ2) is 6.19. The molecular formula is C12H16FNO. The lowest BCUT2D eigenvalue weighted by Gasteiger charge is -2.05. The Bertz CT molecular complexity index is 319. The molecule has 1 aromatic rings. The van der Waals surface area contributed by atoms with E-state index >= 15 is 0 Å². The number of nitrogens with two attached hydrogens (primary N) is 1. The van der Waals surface area contributed by atoms with Gasteiger partial charge in [0.1, 0.15) is 5.75 Å². The molecule has 0 aromatic heterocycles. The Balaban J connectivity index is 2.64. The third-order valence-corrected chi connectivity index (χ3v) is 2.08. The summed E-state index contributed by atoms with van der Waals surface area (Å²) in [6, 6.07) is 7.60. The van der Waals surface area contributed by atoms with Crippen molar-refractivity contribution in [2.75, 3.05) is 13.2 Å². The van der Waals surface area contributed by atoms with Gasteiger partial charge in [0.05, 0.1) is 12.9 Å². The van der Waals surface area contributed by atoms with Gasteiger partial charge < -0.3 is 10.5 Å². The Labute approximate surface area is 89.6 Å². The quantitative estimate of drug-likeness (QED) is 0.808. The fraction of sp³-hybridized carbons (Fsp3) is 0.333. The van der Waals surface area contributed by atoms with Gasteiger partial charge in [-0.25, -0.2) is 4.39 Å². The topological polar surface area (TPSA) is 35.2 Å². The Morgan fingerprint density at radius 2 is 2.07 bits per heavy atom. The van der Waals surface area contributed by atoms with Crippen molar-refractivity contribution in [1.29, 1.82) is 0 Å². The summed E-state index contributed by atoms with van der Waals surface area (Å²) in [5.74, 6) is 0.833. The van der Waals surface area contributed by atoms with Gasteiger partial charge >= 0.3 is 0 Å². The van der Waals surface area contributed by atoms with Crippen molar-refractivity contribution in [3.8, 4) is 5.75 Å². The van der Waals surface area contributed by atoms with Gasteiger partial charge in [-0.15, -0.1) is 0 Å². The Morgan fingerprint density at radius 1 is 1.40 bits per heavy atom. The summed E-state index contributed by atoms with van der Waals surface area (Å²) in [4.78, 5) is 0. The van der Waals surface area contributed by atoms with Gasteiger partial charge in [0.25, 0.3) is 0 Å². The lowest BCUT2D eigenvalue weighted by molar-refractivity contribution is 0.340. The number of ether oxygens (including phenoxy) is 1. The van der Waals surface area contributed by atoms with Gasteiger partial charge in [-0.3, -0.25) is 0 Å². The molecule has 0 saturated heterocycles. The molecule has 0 aliphatic carbocycles. The minimum Gasteiger partial charge on any atom is -0.494 e. The highest BCUT2D eigenvalue weighted by atomic mass is 19.1. The van der Waals surface area contributed by atoms with Crippen molar-refractivity contribution in [2.24, 2.45) is 5.73 Å². The summed E-state index contributed by atoms with van der Waals surface area (Å²) < 4.78 is 17.6. The third kappa shape index (κ3) is 3.72. The van der Waals surface area contributed by atoms with Gasteiger partial charge in [0.15, 0.2) is 0 Å². The summed E-state index contributed by atoms with van der Waals surface area (Å²) in [5.41, 5.74) is 7.01. The Morgan fingerprint density at radius 3 is 2.53 bits per heavy atom. The van der Waals surface area contributed by atoms with E-state index in [2.05, 4.69) is 0 Å². The first-order valence-electron chi connectivity index (χ1n) is 5.00. The molecule has 0 aliphatic rings. The Hall–Kier alpha value is -1.35. The van der Waals surface area contributed by atoms with E-state index in [1.807, 2.05) is 31.2 Å². The van der Waals surface area contributed by atoms with Crippen LogP contribution < -0.4 is 10.5 Å². The van der Waals surface area contributed by atoms with Crippen LogP contribution in [0.25, 0.3) is 0 Å². The van der Waals surface area contributed by atoms with Crippen LogP contribution in [-0.4, -0.2) is 13.2 Å². The maximum Gasteiger partial charge on any atom is 0.119 e. The van der Waals surface area contributed by atoms with Crippen LogP contribution in [0.3, 0.4) is 0 Å². The summed E-state index contributed by atoms with van der Waals surface area (Å²) in [6.07, 6.45) is 1.13. The van der Waals surface area contributed by atoms with Gasteiger partial charge in [-0.1, -0.05) is 12.1 Å². The third-order valence-electron chi connectivity index (χ3n) is 2.08. The van der Waals surface area contributed by atoms with E-state index in [9.17, 15) is 4.39 Å². The molecule has 0 amide bonds. The van der Waals surface area contributed by atoms with Gasteiger partial charge in [0.2, 0.25) is 0 Å². The van der Waals surface area contributed by atoms with Crippen LogP contribution in [0.5, 0.6) is 5.75 Å². The zero-order chi connectivity index (χ0) is 11.1. The molecule has 3 heteroatoms. The van der Waals surface area contributed by atoms with Gasteiger partial charge in [-0.05, 0) is 36.6 Å². The highest BCUT2D eigenvalue weighted by Gasteiger charge is 1.99. The monoisotopic (exact) mass is 209 g/mol. The summed E-state index contributed by atoms with van der Waals surface area (Å²) in [6.45, 7) is 2.84. The van der Waals surface area contributed by atoms with Crippen LogP contribution in [0.4, 0.5) is 4.39 Å². The van der Waals surface area contributed by atoms with Crippen molar-refractivity contribution in [1.82, 2.24) is 0 Å². The molecular weight excluding hydrogens is 193 g/mol. The standard InChI is InChI=1S/C12H16FNO/c1-2-15-12-5-3-10(4-6-12)7-11(8-13)9-14/h3-6,8H,2,7,9,14H2,1H3. The van der Waals surface area contributed by atoms with Crippen LogP contribution in [-0.2, 0) is 6.42 Å². The minimum atomic E-state index is 0.254. The molecule has 1 aromatic carbocycles. The largest absolute Gasteiger partial charge is 0.494 e. The van der Waals surface area contributed by atoms with Crippen LogP contribution in [0.1, 0.15) is 12.5 Å². The van der Waals surface area contributed by atoms with Gasteiger partial charge in [-0.2, -0.15) is 0 Å². The number of benzene rings is 1. The average Bonchev–Trinajstić information content (AvgIpc) is 2.28. The van der Waals surface area contributed by atoms with E-state index in [0.717, 1.165) is 11.3 Å². The van der Waals surface area contributed by atoms with Crippen LogP contribution in [0, 0.1) is 0 Å². The zero-order valence-electron chi connectivity index (χ0n) is 8.87. The normalized spacial score (nSPS) is 11.5.